The Morgan fingerprint density at radius 1 is 0.735 bits per heavy atom. The fourth-order valence-corrected chi connectivity index (χ4v) is 8.54. The SMILES string of the molecule is Cc1ccccc1N1C(c2ccccc2)N2C=CC(C3CCCCC3)(C3CCCCC3)C2[C@@H]1C. The van der Waals surface area contributed by atoms with Gasteiger partial charge in [-0.2, -0.15) is 0 Å². The number of hydrogen-bond donors (Lipinski definition) is 0. The minimum Gasteiger partial charge on any atom is -0.348 e. The average molecular weight is 455 g/mol. The molecule has 2 aliphatic carbocycles. The van der Waals surface area contributed by atoms with Crippen LogP contribution in [0.1, 0.15) is 88.4 Å². The van der Waals surface area contributed by atoms with Crippen molar-refractivity contribution in [3.63, 3.8) is 0 Å². The normalized spacial score (nSPS) is 29.5. The van der Waals surface area contributed by atoms with Gasteiger partial charge in [-0.25, -0.2) is 0 Å². The smallest absolute Gasteiger partial charge is 0.128 e. The molecule has 34 heavy (non-hydrogen) atoms. The van der Waals surface area contributed by atoms with Crippen LogP contribution in [-0.2, 0) is 0 Å². The van der Waals surface area contributed by atoms with Gasteiger partial charge < -0.3 is 9.80 Å². The quantitative estimate of drug-likeness (QED) is 0.459. The van der Waals surface area contributed by atoms with E-state index >= 15 is 0 Å². The Morgan fingerprint density at radius 3 is 1.94 bits per heavy atom. The molecule has 0 spiro atoms. The Labute approximate surface area is 207 Å². The van der Waals surface area contributed by atoms with Crippen LogP contribution >= 0.6 is 0 Å². The molecular formula is C32H42N2. The lowest BCUT2D eigenvalue weighted by Crippen LogP contribution is -2.53. The second kappa shape index (κ2) is 9.10. The fraction of sp³-hybridized carbons (Fsp3) is 0.562. The zero-order valence-electron chi connectivity index (χ0n) is 21.2. The van der Waals surface area contributed by atoms with Crippen LogP contribution in [-0.4, -0.2) is 17.0 Å². The zero-order chi connectivity index (χ0) is 23.1. The molecule has 4 aliphatic rings. The molecule has 2 aliphatic heterocycles. The van der Waals surface area contributed by atoms with E-state index in [1.54, 1.807) is 0 Å². The third kappa shape index (κ3) is 3.43. The van der Waals surface area contributed by atoms with E-state index in [-0.39, 0.29) is 6.17 Å². The maximum Gasteiger partial charge on any atom is 0.128 e. The van der Waals surface area contributed by atoms with Crippen molar-refractivity contribution in [1.82, 2.24) is 4.90 Å². The van der Waals surface area contributed by atoms with E-state index in [1.165, 1.54) is 81.0 Å². The number of anilines is 1. The van der Waals surface area contributed by atoms with Gasteiger partial charge in [0.2, 0.25) is 0 Å². The first-order valence-corrected chi connectivity index (χ1v) is 14.1. The van der Waals surface area contributed by atoms with Crippen LogP contribution in [0.5, 0.6) is 0 Å². The van der Waals surface area contributed by atoms with Gasteiger partial charge in [0.05, 0.1) is 6.04 Å². The highest BCUT2D eigenvalue weighted by Gasteiger charge is 2.61. The highest BCUT2D eigenvalue weighted by atomic mass is 15.5. The predicted octanol–water partition coefficient (Wildman–Crippen LogP) is 8.25. The van der Waals surface area contributed by atoms with E-state index in [4.69, 9.17) is 0 Å². The van der Waals surface area contributed by atoms with E-state index in [0.717, 1.165) is 11.8 Å². The van der Waals surface area contributed by atoms with Crippen molar-refractivity contribution in [2.75, 3.05) is 4.90 Å². The van der Waals surface area contributed by atoms with Gasteiger partial charge in [0.25, 0.3) is 0 Å². The molecule has 0 amide bonds. The minimum absolute atomic E-state index is 0.271. The molecule has 2 aromatic carbocycles. The van der Waals surface area contributed by atoms with Gasteiger partial charge in [0.15, 0.2) is 0 Å². The van der Waals surface area contributed by atoms with Crippen LogP contribution in [0.15, 0.2) is 66.9 Å². The Bertz CT molecular complexity index is 981. The highest BCUT2D eigenvalue weighted by molar-refractivity contribution is 5.58. The third-order valence-corrected chi connectivity index (χ3v) is 9.93. The van der Waals surface area contributed by atoms with E-state index in [1.807, 2.05) is 0 Å². The lowest BCUT2D eigenvalue weighted by molar-refractivity contribution is 0.0141. The molecule has 0 bridgehead atoms. The van der Waals surface area contributed by atoms with E-state index < -0.39 is 0 Å². The Kier molecular flexibility index (Phi) is 5.95. The molecule has 180 valence electrons. The summed E-state index contributed by atoms with van der Waals surface area (Å²) in [5.74, 6) is 1.68. The summed E-state index contributed by atoms with van der Waals surface area (Å²) in [6, 6.07) is 21.4. The second-order valence-electron chi connectivity index (χ2n) is 11.6. The Balaban J connectivity index is 1.49. The predicted molar refractivity (Wildman–Crippen MR) is 143 cm³/mol. The third-order valence-electron chi connectivity index (χ3n) is 9.93. The molecule has 2 saturated carbocycles. The van der Waals surface area contributed by atoms with Crippen molar-refractivity contribution in [2.24, 2.45) is 17.3 Å². The Morgan fingerprint density at radius 2 is 1.32 bits per heavy atom. The van der Waals surface area contributed by atoms with Gasteiger partial charge in [-0.15, -0.1) is 0 Å². The van der Waals surface area contributed by atoms with Crippen LogP contribution in [0, 0.1) is 24.2 Å². The van der Waals surface area contributed by atoms with E-state index in [9.17, 15) is 0 Å². The zero-order valence-corrected chi connectivity index (χ0v) is 21.2. The first-order chi connectivity index (χ1) is 16.7. The maximum absolute atomic E-state index is 2.80. The Hall–Kier alpha value is -2.22. The van der Waals surface area contributed by atoms with Crippen molar-refractivity contribution in [3.8, 4) is 0 Å². The summed E-state index contributed by atoms with van der Waals surface area (Å²) in [7, 11) is 0. The summed E-state index contributed by atoms with van der Waals surface area (Å²) in [6.45, 7) is 4.83. The number of para-hydroxylation sites is 1. The summed E-state index contributed by atoms with van der Waals surface area (Å²) in [5.41, 5.74) is 4.55. The lowest BCUT2D eigenvalue weighted by atomic mass is 9.55. The molecule has 2 unspecified atom stereocenters. The molecule has 1 saturated heterocycles. The molecule has 2 nitrogen and oxygen atoms in total. The standard InChI is InChI=1S/C32H42N2/c1-24-14-12-13-21-29(24)34-25(2)30-32(27-17-8-4-9-18-27,28-19-10-5-11-20-28)22-23-33(30)31(34)26-15-6-3-7-16-26/h3,6-7,12-16,21-23,25,27-28,30-31H,4-5,8-11,17-20H2,1-2H3/t25-,30?,31?/m0/s1. The van der Waals surface area contributed by atoms with Gasteiger partial charge in [-0.1, -0.05) is 93.1 Å². The maximum atomic E-state index is 2.80. The summed E-state index contributed by atoms with van der Waals surface area (Å²) in [5, 5.41) is 0. The summed E-state index contributed by atoms with van der Waals surface area (Å²) in [6.07, 6.45) is 19.9. The molecule has 2 heterocycles. The average Bonchev–Trinajstić information content (AvgIpc) is 3.43. The highest BCUT2D eigenvalue weighted by Crippen LogP contribution is 2.61. The number of hydrogen-bond acceptors (Lipinski definition) is 2. The second-order valence-corrected chi connectivity index (χ2v) is 11.6. The topological polar surface area (TPSA) is 6.48 Å². The van der Waals surface area contributed by atoms with Crippen molar-refractivity contribution in [1.29, 1.82) is 0 Å². The first kappa shape index (κ1) is 22.3. The van der Waals surface area contributed by atoms with Crippen molar-refractivity contribution in [3.05, 3.63) is 78.0 Å². The lowest BCUT2D eigenvalue weighted by Gasteiger charge is -2.51. The molecule has 0 N–H and O–H groups in total. The fourth-order valence-electron chi connectivity index (χ4n) is 8.54. The molecule has 6 rings (SSSR count). The molecule has 2 heteroatoms. The number of nitrogens with zero attached hydrogens (tertiary/aromatic N) is 2. The van der Waals surface area contributed by atoms with Crippen molar-refractivity contribution in [2.45, 2.75) is 96.3 Å². The van der Waals surface area contributed by atoms with Gasteiger partial charge in [0.1, 0.15) is 6.17 Å². The number of fused-ring (bicyclic) bond motifs is 1. The van der Waals surface area contributed by atoms with Gasteiger partial charge in [-0.05, 0) is 74.8 Å². The molecule has 0 aromatic heterocycles. The van der Waals surface area contributed by atoms with E-state index in [2.05, 4.69) is 90.5 Å². The van der Waals surface area contributed by atoms with Crippen LogP contribution in [0.25, 0.3) is 0 Å². The van der Waals surface area contributed by atoms with E-state index in [0.29, 0.717) is 17.5 Å². The number of rotatable bonds is 4. The largest absolute Gasteiger partial charge is 0.348 e. The summed E-state index contributed by atoms with van der Waals surface area (Å²) < 4.78 is 0. The van der Waals surface area contributed by atoms with Crippen molar-refractivity contribution < 1.29 is 0 Å². The van der Waals surface area contributed by atoms with Crippen LogP contribution in [0.2, 0.25) is 0 Å². The van der Waals surface area contributed by atoms with Crippen molar-refractivity contribution >= 4 is 5.69 Å². The van der Waals surface area contributed by atoms with Crippen LogP contribution in [0.4, 0.5) is 5.69 Å². The van der Waals surface area contributed by atoms with Gasteiger partial charge in [0, 0.05) is 17.1 Å². The summed E-state index contributed by atoms with van der Waals surface area (Å²) >= 11 is 0. The molecule has 0 radical (unpaired) electrons. The monoisotopic (exact) mass is 454 g/mol. The molecule has 2 aromatic rings. The molecular weight excluding hydrogens is 412 g/mol. The first-order valence-electron chi connectivity index (χ1n) is 14.1. The van der Waals surface area contributed by atoms with Crippen LogP contribution in [0.3, 0.4) is 0 Å². The minimum atomic E-state index is 0.271. The van der Waals surface area contributed by atoms with Crippen LogP contribution < -0.4 is 4.90 Å². The van der Waals surface area contributed by atoms with Gasteiger partial charge in [-0.3, -0.25) is 0 Å². The van der Waals surface area contributed by atoms with Gasteiger partial charge >= 0.3 is 0 Å². The number of benzene rings is 2. The number of aryl methyl sites for hydroxylation is 1. The summed E-state index contributed by atoms with van der Waals surface area (Å²) in [4.78, 5) is 5.58. The molecule has 3 atom stereocenters. The molecule has 3 fully saturated rings.